The van der Waals surface area contributed by atoms with Gasteiger partial charge in [0.15, 0.2) is 0 Å². The van der Waals surface area contributed by atoms with Crippen LogP contribution in [0.1, 0.15) is 10.4 Å². The zero-order chi connectivity index (χ0) is 14.4. The number of aromatic carboxylic acids is 1. The first-order valence-corrected chi connectivity index (χ1v) is 5.87. The lowest BCUT2D eigenvalue weighted by molar-refractivity contribution is 0.0698. The van der Waals surface area contributed by atoms with Crippen molar-refractivity contribution in [3.8, 4) is 0 Å². The Labute approximate surface area is 115 Å². The maximum Gasteiger partial charge on any atom is 0.337 e. The number of amides is 2. The number of carboxylic acid groups (broad SMARTS) is 1. The number of ether oxygens (including phenoxy) is 1. The van der Waals surface area contributed by atoms with Crippen molar-refractivity contribution in [1.29, 1.82) is 0 Å². The van der Waals surface area contributed by atoms with E-state index in [0.29, 0.717) is 18.2 Å². The van der Waals surface area contributed by atoms with Crippen LogP contribution in [-0.2, 0) is 4.74 Å². The number of likely N-dealkylation sites (N-methyl/N-ethyl adjacent to an activating group) is 1. The van der Waals surface area contributed by atoms with E-state index in [9.17, 15) is 9.59 Å². The van der Waals surface area contributed by atoms with Crippen LogP contribution < -0.4 is 5.32 Å². The van der Waals surface area contributed by atoms with Gasteiger partial charge in [0.05, 0.1) is 17.9 Å². The van der Waals surface area contributed by atoms with E-state index in [1.165, 1.54) is 30.2 Å². The molecular formula is C12H15ClN2O4. The van der Waals surface area contributed by atoms with Gasteiger partial charge < -0.3 is 20.1 Å². The van der Waals surface area contributed by atoms with Gasteiger partial charge in [-0.05, 0) is 18.2 Å². The molecule has 1 aromatic carbocycles. The first kappa shape index (κ1) is 15.3. The van der Waals surface area contributed by atoms with E-state index in [4.69, 9.17) is 21.4 Å². The number of hydrogen-bond donors (Lipinski definition) is 2. The van der Waals surface area contributed by atoms with Crippen LogP contribution in [0.25, 0.3) is 0 Å². The summed E-state index contributed by atoms with van der Waals surface area (Å²) in [6.07, 6.45) is 0. The minimum absolute atomic E-state index is 0.0546. The molecule has 0 bridgehead atoms. The van der Waals surface area contributed by atoms with Crippen LogP contribution in [0.2, 0.25) is 5.02 Å². The Morgan fingerprint density at radius 3 is 2.74 bits per heavy atom. The Balaban J connectivity index is 2.81. The molecule has 0 aliphatic rings. The molecule has 7 heteroatoms. The first-order chi connectivity index (χ1) is 8.95. The molecule has 19 heavy (non-hydrogen) atoms. The molecule has 1 rings (SSSR count). The molecule has 0 saturated carbocycles. The third kappa shape index (κ3) is 4.42. The van der Waals surface area contributed by atoms with E-state index >= 15 is 0 Å². The van der Waals surface area contributed by atoms with Crippen molar-refractivity contribution in [1.82, 2.24) is 4.90 Å². The SMILES string of the molecule is COCCN(C)C(=O)Nc1ccc(Cl)cc1C(=O)O. The summed E-state index contributed by atoms with van der Waals surface area (Å²) in [7, 11) is 3.12. The third-order valence-electron chi connectivity index (χ3n) is 2.43. The number of halogens is 1. The molecule has 0 saturated heterocycles. The Morgan fingerprint density at radius 1 is 1.47 bits per heavy atom. The lowest BCUT2D eigenvalue weighted by Crippen LogP contribution is -2.34. The van der Waals surface area contributed by atoms with Crippen molar-refractivity contribution in [3.05, 3.63) is 28.8 Å². The zero-order valence-electron chi connectivity index (χ0n) is 10.6. The zero-order valence-corrected chi connectivity index (χ0v) is 11.4. The standard InChI is InChI=1S/C12H15ClN2O4/c1-15(5-6-19-2)12(18)14-10-4-3-8(13)7-9(10)11(16)17/h3-4,7H,5-6H2,1-2H3,(H,14,18)(H,16,17). The van der Waals surface area contributed by atoms with Gasteiger partial charge in [-0.25, -0.2) is 9.59 Å². The molecule has 0 unspecified atom stereocenters. The van der Waals surface area contributed by atoms with Crippen molar-refractivity contribution in [2.75, 3.05) is 32.6 Å². The molecule has 0 spiro atoms. The predicted octanol–water partition coefficient (Wildman–Crippen LogP) is 2.15. The second-order valence-electron chi connectivity index (χ2n) is 3.84. The largest absolute Gasteiger partial charge is 0.478 e. The van der Waals surface area contributed by atoms with Crippen LogP contribution in [0, 0.1) is 0 Å². The number of urea groups is 1. The summed E-state index contributed by atoms with van der Waals surface area (Å²) in [5, 5.41) is 11.9. The van der Waals surface area contributed by atoms with Gasteiger partial charge in [-0.2, -0.15) is 0 Å². The molecule has 2 amide bonds. The van der Waals surface area contributed by atoms with Crippen LogP contribution in [0.3, 0.4) is 0 Å². The van der Waals surface area contributed by atoms with Gasteiger partial charge in [-0.15, -0.1) is 0 Å². The van der Waals surface area contributed by atoms with Crippen LogP contribution >= 0.6 is 11.6 Å². The molecule has 0 fully saturated rings. The number of methoxy groups -OCH3 is 1. The van der Waals surface area contributed by atoms with Crippen molar-refractivity contribution in [3.63, 3.8) is 0 Å². The van der Waals surface area contributed by atoms with Crippen LogP contribution in [0.4, 0.5) is 10.5 Å². The topological polar surface area (TPSA) is 78.9 Å². The van der Waals surface area contributed by atoms with Crippen molar-refractivity contribution in [2.24, 2.45) is 0 Å². The van der Waals surface area contributed by atoms with Crippen molar-refractivity contribution in [2.45, 2.75) is 0 Å². The molecular weight excluding hydrogens is 272 g/mol. The van der Waals surface area contributed by atoms with Crippen molar-refractivity contribution < 1.29 is 19.4 Å². The van der Waals surface area contributed by atoms with E-state index in [1.54, 1.807) is 7.05 Å². The fourth-order valence-corrected chi connectivity index (χ4v) is 1.51. The van der Waals surface area contributed by atoms with Crippen molar-refractivity contribution >= 4 is 29.3 Å². The van der Waals surface area contributed by atoms with Gasteiger partial charge in [-0.3, -0.25) is 0 Å². The average Bonchev–Trinajstić information content (AvgIpc) is 2.37. The number of benzene rings is 1. The Kier molecular flexibility index (Phi) is 5.59. The van der Waals surface area contributed by atoms with Crippen LogP contribution in [0.5, 0.6) is 0 Å². The summed E-state index contributed by atoms with van der Waals surface area (Å²) >= 11 is 5.73. The number of carbonyl (C=O) groups is 2. The van der Waals surface area contributed by atoms with Gasteiger partial charge >= 0.3 is 12.0 Å². The lowest BCUT2D eigenvalue weighted by Gasteiger charge is -2.18. The Hall–Kier alpha value is -1.79. The molecule has 1 aromatic rings. The first-order valence-electron chi connectivity index (χ1n) is 5.49. The van der Waals surface area contributed by atoms with Crippen LogP contribution in [0.15, 0.2) is 18.2 Å². The number of carbonyl (C=O) groups excluding carboxylic acids is 1. The fourth-order valence-electron chi connectivity index (χ4n) is 1.34. The summed E-state index contributed by atoms with van der Waals surface area (Å²) in [6.45, 7) is 0.800. The van der Waals surface area contributed by atoms with E-state index in [1.807, 2.05) is 0 Å². The highest BCUT2D eigenvalue weighted by molar-refractivity contribution is 6.31. The summed E-state index contributed by atoms with van der Waals surface area (Å²) in [4.78, 5) is 24.3. The molecule has 2 N–H and O–H groups in total. The quantitative estimate of drug-likeness (QED) is 0.869. The number of hydrogen-bond acceptors (Lipinski definition) is 3. The van der Waals surface area contributed by atoms with Crippen LogP contribution in [-0.4, -0.2) is 49.3 Å². The minimum atomic E-state index is -1.16. The predicted molar refractivity (Wildman–Crippen MR) is 71.9 cm³/mol. The smallest absolute Gasteiger partial charge is 0.337 e. The highest BCUT2D eigenvalue weighted by atomic mass is 35.5. The molecule has 0 aromatic heterocycles. The number of nitrogens with zero attached hydrogens (tertiary/aromatic N) is 1. The minimum Gasteiger partial charge on any atom is -0.478 e. The van der Waals surface area contributed by atoms with E-state index in [2.05, 4.69) is 5.32 Å². The summed E-state index contributed by atoms with van der Waals surface area (Å²) in [5.41, 5.74) is 0.146. The number of rotatable bonds is 5. The Morgan fingerprint density at radius 2 is 2.16 bits per heavy atom. The molecule has 0 radical (unpaired) electrons. The second-order valence-corrected chi connectivity index (χ2v) is 4.28. The molecule has 104 valence electrons. The van der Waals surface area contributed by atoms with Gasteiger partial charge in [0.1, 0.15) is 0 Å². The normalized spacial score (nSPS) is 10.1. The fraction of sp³-hybridized carbons (Fsp3) is 0.333. The highest BCUT2D eigenvalue weighted by Gasteiger charge is 2.15. The van der Waals surface area contributed by atoms with Gasteiger partial charge in [-0.1, -0.05) is 11.6 Å². The maximum absolute atomic E-state index is 11.8. The maximum atomic E-state index is 11.8. The van der Waals surface area contributed by atoms with Gasteiger partial charge in [0, 0.05) is 25.7 Å². The summed E-state index contributed by atoms with van der Waals surface area (Å²) in [6, 6.07) is 3.84. The third-order valence-corrected chi connectivity index (χ3v) is 2.67. The second kappa shape index (κ2) is 6.96. The van der Waals surface area contributed by atoms with E-state index < -0.39 is 12.0 Å². The molecule has 0 aliphatic carbocycles. The Bertz CT molecular complexity index is 479. The molecule has 0 heterocycles. The van der Waals surface area contributed by atoms with Gasteiger partial charge in [0.25, 0.3) is 0 Å². The number of anilines is 1. The molecule has 6 nitrogen and oxygen atoms in total. The summed E-state index contributed by atoms with van der Waals surface area (Å²) in [5.74, 6) is -1.16. The van der Waals surface area contributed by atoms with Gasteiger partial charge in [0.2, 0.25) is 0 Å². The molecule has 0 atom stereocenters. The molecule has 0 aliphatic heterocycles. The monoisotopic (exact) mass is 286 g/mol. The number of nitrogens with one attached hydrogen (secondary N) is 1. The number of carboxylic acids is 1. The highest BCUT2D eigenvalue weighted by Crippen LogP contribution is 2.21. The van der Waals surface area contributed by atoms with E-state index in [0.717, 1.165) is 0 Å². The van der Waals surface area contributed by atoms with E-state index in [-0.39, 0.29) is 11.3 Å². The summed E-state index contributed by atoms with van der Waals surface area (Å²) < 4.78 is 4.86. The average molecular weight is 287 g/mol. The lowest BCUT2D eigenvalue weighted by atomic mass is 10.2.